The standard InChI is InChI=1S/C20H18N4O4S/c1-11(17(25)23-19-13(10-21)6-8-29-19)28-20(27)12-4-5-15-14(9-12)22-18(26)16-3-2-7-24(15)16/h4-6,8-9,11,16H,2-3,7H2,1H3,(H,22,26)(H,23,25)/t11-,16+/m1/s1. The lowest BCUT2D eigenvalue weighted by Crippen LogP contribution is -2.43. The van der Waals surface area contributed by atoms with E-state index in [1.54, 1.807) is 29.6 Å². The first kappa shape index (κ1) is 19.0. The molecule has 0 spiro atoms. The fourth-order valence-electron chi connectivity index (χ4n) is 3.55. The number of nitriles is 1. The maximum Gasteiger partial charge on any atom is 0.338 e. The number of carbonyl (C=O) groups is 3. The van der Waals surface area contributed by atoms with Gasteiger partial charge in [-0.05, 0) is 49.4 Å². The van der Waals surface area contributed by atoms with Gasteiger partial charge in [-0.1, -0.05) is 0 Å². The molecular weight excluding hydrogens is 392 g/mol. The number of carbonyl (C=O) groups excluding carboxylic acids is 3. The number of fused-ring (bicyclic) bond motifs is 3. The Morgan fingerprint density at radius 2 is 2.24 bits per heavy atom. The van der Waals surface area contributed by atoms with E-state index in [-0.39, 0.29) is 17.5 Å². The van der Waals surface area contributed by atoms with Crippen molar-refractivity contribution >= 4 is 45.5 Å². The molecule has 2 amide bonds. The minimum atomic E-state index is -1.05. The second-order valence-corrected chi connectivity index (χ2v) is 7.80. The number of hydrogen-bond acceptors (Lipinski definition) is 7. The van der Waals surface area contributed by atoms with Crippen LogP contribution in [0.3, 0.4) is 0 Å². The molecule has 29 heavy (non-hydrogen) atoms. The lowest BCUT2D eigenvalue weighted by atomic mass is 10.1. The third kappa shape index (κ3) is 3.54. The summed E-state index contributed by atoms with van der Waals surface area (Å²) >= 11 is 1.22. The summed E-state index contributed by atoms with van der Waals surface area (Å²) < 4.78 is 5.27. The van der Waals surface area contributed by atoms with Gasteiger partial charge in [0.25, 0.3) is 5.91 Å². The summed E-state index contributed by atoms with van der Waals surface area (Å²) in [6.45, 7) is 2.27. The van der Waals surface area contributed by atoms with Gasteiger partial charge in [-0.15, -0.1) is 11.3 Å². The Morgan fingerprint density at radius 1 is 1.41 bits per heavy atom. The first-order chi connectivity index (χ1) is 14.0. The summed E-state index contributed by atoms with van der Waals surface area (Å²) in [5.41, 5.74) is 2.05. The first-order valence-corrected chi connectivity index (χ1v) is 10.1. The zero-order valence-electron chi connectivity index (χ0n) is 15.6. The largest absolute Gasteiger partial charge is 0.449 e. The number of amides is 2. The minimum absolute atomic E-state index is 0.0718. The normalized spacial score (nSPS) is 18.1. The Kier molecular flexibility index (Phi) is 4.94. The Bertz CT molecular complexity index is 1040. The van der Waals surface area contributed by atoms with Gasteiger partial charge in [0.05, 0.1) is 22.5 Å². The molecule has 0 radical (unpaired) electrons. The van der Waals surface area contributed by atoms with E-state index in [0.717, 1.165) is 25.1 Å². The van der Waals surface area contributed by atoms with Crippen molar-refractivity contribution in [2.24, 2.45) is 0 Å². The fourth-order valence-corrected chi connectivity index (χ4v) is 4.29. The van der Waals surface area contributed by atoms with Gasteiger partial charge in [0.15, 0.2) is 6.10 Å². The minimum Gasteiger partial charge on any atom is -0.449 e. The molecule has 3 heterocycles. The van der Waals surface area contributed by atoms with Crippen molar-refractivity contribution in [3.05, 3.63) is 40.8 Å². The van der Waals surface area contributed by atoms with Crippen LogP contribution in [0.1, 0.15) is 35.7 Å². The fraction of sp³-hybridized carbons (Fsp3) is 0.300. The number of anilines is 3. The van der Waals surface area contributed by atoms with E-state index >= 15 is 0 Å². The SMILES string of the molecule is C[C@@H](OC(=O)c1ccc2c(c1)NC(=O)[C@@H]1CCCN21)C(=O)Nc1sccc1C#N. The molecule has 0 bridgehead atoms. The van der Waals surface area contributed by atoms with Gasteiger partial charge < -0.3 is 20.3 Å². The highest BCUT2D eigenvalue weighted by molar-refractivity contribution is 7.14. The molecule has 8 nitrogen and oxygen atoms in total. The maximum atomic E-state index is 12.5. The molecule has 2 aliphatic rings. The highest BCUT2D eigenvalue weighted by atomic mass is 32.1. The van der Waals surface area contributed by atoms with Gasteiger partial charge in [0.1, 0.15) is 17.1 Å². The lowest BCUT2D eigenvalue weighted by molar-refractivity contribution is -0.123. The van der Waals surface area contributed by atoms with Crippen molar-refractivity contribution < 1.29 is 19.1 Å². The third-order valence-corrected chi connectivity index (χ3v) is 5.86. The molecule has 2 aromatic rings. The van der Waals surface area contributed by atoms with Crippen LogP contribution in [0, 0.1) is 11.3 Å². The summed E-state index contributed by atoms with van der Waals surface area (Å²) in [6.07, 6.45) is 0.718. The average Bonchev–Trinajstić information content (AvgIpc) is 3.37. The van der Waals surface area contributed by atoms with Gasteiger partial charge in [-0.2, -0.15) is 5.26 Å². The van der Waals surface area contributed by atoms with Crippen LogP contribution in [0.15, 0.2) is 29.6 Å². The van der Waals surface area contributed by atoms with Crippen LogP contribution in [0.5, 0.6) is 0 Å². The molecule has 9 heteroatoms. The van der Waals surface area contributed by atoms with Crippen LogP contribution in [-0.2, 0) is 14.3 Å². The van der Waals surface area contributed by atoms with Gasteiger partial charge in [0, 0.05) is 6.54 Å². The molecule has 1 saturated heterocycles. The molecule has 2 N–H and O–H groups in total. The van der Waals surface area contributed by atoms with E-state index in [1.807, 2.05) is 11.0 Å². The van der Waals surface area contributed by atoms with Crippen LogP contribution in [0.25, 0.3) is 0 Å². The molecule has 4 rings (SSSR count). The molecule has 0 aliphatic carbocycles. The summed E-state index contributed by atoms with van der Waals surface area (Å²) in [5.74, 6) is -1.26. The second kappa shape index (κ2) is 7.56. The van der Waals surface area contributed by atoms with Crippen LogP contribution in [0.4, 0.5) is 16.4 Å². The van der Waals surface area contributed by atoms with E-state index in [9.17, 15) is 14.4 Å². The molecule has 0 unspecified atom stereocenters. The number of esters is 1. The summed E-state index contributed by atoms with van der Waals surface area (Å²) in [6, 6.07) is 8.42. The topological polar surface area (TPSA) is 112 Å². The smallest absolute Gasteiger partial charge is 0.338 e. The second-order valence-electron chi connectivity index (χ2n) is 6.88. The third-order valence-electron chi connectivity index (χ3n) is 5.03. The predicted octanol–water partition coefficient (Wildman–Crippen LogP) is 2.72. The van der Waals surface area contributed by atoms with E-state index in [0.29, 0.717) is 16.3 Å². The number of nitrogens with one attached hydrogen (secondary N) is 2. The molecule has 0 saturated carbocycles. The molecule has 2 aliphatic heterocycles. The van der Waals surface area contributed by atoms with Gasteiger partial charge >= 0.3 is 5.97 Å². The molecule has 1 fully saturated rings. The Hall–Kier alpha value is -3.38. The van der Waals surface area contributed by atoms with E-state index in [4.69, 9.17) is 10.00 Å². The number of benzene rings is 1. The summed E-state index contributed by atoms with van der Waals surface area (Å²) in [7, 11) is 0. The molecule has 1 aromatic carbocycles. The number of thiophene rings is 1. The molecule has 1 aromatic heterocycles. The van der Waals surface area contributed by atoms with Crippen molar-refractivity contribution in [3.63, 3.8) is 0 Å². The highest BCUT2D eigenvalue weighted by Crippen LogP contribution is 2.37. The molecule has 2 atom stereocenters. The van der Waals surface area contributed by atoms with Crippen molar-refractivity contribution in [2.75, 3.05) is 22.1 Å². The van der Waals surface area contributed by atoms with Gasteiger partial charge in [0.2, 0.25) is 5.91 Å². The van der Waals surface area contributed by atoms with Gasteiger partial charge in [-0.3, -0.25) is 9.59 Å². The van der Waals surface area contributed by atoms with Crippen molar-refractivity contribution in [3.8, 4) is 6.07 Å². The maximum absolute atomic E-state index is 12.5. The lowest BCUT2D eigenvalue weighted by Gasteiger charge is -2.33. The molecular formula is C20H18N4O4S. The number of ether oxygens (including phenoxy) is 1. The van der Waals surface area contributed by atoms with E-state index in [1.165, 1.54) is 18.3 Å². The zero-order valence-corrected chi connectivity index (χ0v) is 16.4. The van der Waals surface area contributed by atoms with Crippen LogP contribution in [0.2, 0.25) is 0 Å². The van der Waals surface area contributed by atoms with Crippen molar-refractivity contribution in [2.45, 2.75) is 31.9 Å². The highest BCUT2D eigenvalue weighted by Gasteiger charge is 2.36. The zero-order chi connectivity index (χ0) is 20.5. The predicted molar refractivity (Wildman–Crippen MR) is 108 cm³/mol. The Balaban J connectivity index is 1.45. The summed E-state index contributed by atoms with van der Waals surface area (Å²) in [4.78, 5) is 39.1. The Morgan fingerprint density at radius 3 is 3.03 bits per heavy atom. The van der Waals surface area contributed by atoms with E-state index < -0.39 is 18.0 Å². The number of nitrogens with zero attached hydrogens (tertiary/aromatic N) is 2. The average molecular weight is 410 g/mol. The van der Waals surface area contributed by atoms with E-state index in [2.05, 4.69) is 10.6 Å². The van der Waals surface area contributed by atoms with Crippen molar-refractivity contribution in [1.29, 1.82) is 5.26 Å². The quantitative estimate of drug-likeness (QED) is 0.750. The van der Waals surface area contributed by atoms with Gasteiger partial charge in [-0.25, -0.2) is 4.79 Å². The Labute approximate surface area is 171 Å². The summed E-state index contributed by atoms with van der Waals surface area (Å²) in [5, 5.41) is 16.6. The number of hydrogen-bond donors (Lipinski definition) is 2. The first-order valence-electron chi connectivity index (χ1n) is 9.19. The molecule has 148 valence electrons. The monoisotopic (exact) mass is 410 g/mol. The number of rotatable bonds is 4. The van der Waals surface area contributed by atoms with Crippen molar-refractivity contribution in [1.82, 2.24) is 0 Å². The van der Waals surface area contributed by atoms with Crippen LogP contribution in [-0.4, -0.2) is 36.5 Å². The van der Waals surface area contributed by atoms with Crippen LogP contribution < -0.4 is 15.5 Å². The van der Waals surface area contributed by atoms with Crippen LogP contribution >= 0.6 is 11.3 Å².